The number of anilines is 1. The van der Waals surface area contributed by atoms with E-state index in [2.05, 4.69) is 15.6 Å². The Morgan fingerprint density at radius 1 is 1.42 bits per heavy atom. The van der Waals surface area contributed by atoms with Gasteiger partial charge in [-0.25, -0.2) is 14.2 Å². The van der Waals surface area contributed by atoms with E-state index < -0.39 is 24.0 Å². The van der Waals surface area contributed by atoms with Gasteiger partial charge in [0.05, 0.1) is 24.8 Å². The third-order valence-corrected chi connectivity index (χ3v) is 3.96. The van der Waals surface area contributed by atoms with E-state index in [1.807, 2.05) is 0 Å². The highest BCUT2D eigenvalue weighted by Gasteiger charge is 2.23. The molecular weight excluding hydrogens is 363 g/mol. The molecule has 0 saturated carbocycles. The number of carbonyl (C=O) groups is 1. The van der Waals surface area contributed by atoms with Crippen molar-refractivity contribution in [3.63, 3.8) is 0 Å². The molecule has 0 spiro atoms. The summed E-state index contributed by atoms with van der Waals surface area (Å²) in [6.07, 6.45) is -1.22. The Balaban J connectivity index is 2.39. The van der Waals surface area contributed by atoms with Gasteiger partial charge in [0.1, 0.15) is 17.0 Å². The van der Waals surface area contributed by atoms with Gasteiger partial charge < -0.3 is 20.5 Å². The number of carboxylic acid groups (broad SMARTS) is 1. The van der Waals surface area contributed by atoms with Gasteiger partial charge in [-0.1, -0.05) is 23.7 Å². The van der Waals surface area contributed by atoms with Crippen LogP contribution in [0.3, 0.4) is 0 Å². The Hall–Kier alpha value is -3.05. The minimum absolute atomic E-state index is 0.0903. The van der Waals surface area contributed by atoms with Crippen molar-refractivity contribution in [3.8, 4) is 11.8 Å². The van der Waals surface area contributed by atoms with Crippen LogP contribution in [0.4, 0.5) is 15.0 Å². The van der Waals surface area contributed by atoms with Crippen LogP contribution in [0.5, 0.6) is 5.75 Å². The second-order valence-corrected chi connectivity index (χ2v) is 5.76. The van der Waals surface area contributed by atoms with Gasteiger partial charge >= 0.3 is 6.09 Å². The number of nitrogens with one attached hydrogen (secondary N) is 2. The van der Waals surface area contributed by atoms with Crippen LogP contribution < -0.4 is 15.4 Å². The van der Waals surface area contributed by atoms with E-state index in [4.69, 9.17) is 26.7 Å². The molecular formula is C17H16ClFN4O3. The molecule has 9 heteroatoms. The summed E-state index contributed by atoms with van der Waals surface area (Å²) in [4.78, 5) is 14.9. The van der Waals surface area contributed by atoms with Gasteiger partial charge in [-0.3, -0.25) is 0 Å². The molecule has 0 saturated heterocycles. The van der Waals surface area contributed by atoms with Crippen LogP contribution in [0.1, 0.15) is 24.1 Å². The quantitative estimate of drug-likeness (QED) is 0.663. The van der Waals surface area contributed by atoms with Gasteiger partial charge in [0.2, 0.25) is 0 Å². The average Bonchev–Trinajstić information content (AvgIpc) is 2.61. The molecule has 2 atom stereocenters. The van der Waals surface area contributed by atoms with Crippen LogP contribution in [0.25, 0.3) is 0 Å². The lowest BCUT2D eigenvalue weighted by molar-refractivity contribution is 0.189. The van der Waals surface area contributed by atoms with Gasteiger partial charge in [-0.2, -0.15) is 5.26 Å². The maximum Gasteiger partial charge on any atom is 0.404 e. The third-order valence-electron chi connectivity index (χ3n) is 3.67. The molecule has 136 valence electrons. The Kier molecular flexibility index (Phi) is 6.20. The third kappa shape index (κ3) is 4.52. The van der Waals surface area contributed by atoms with Crippen LogP contribution in [-0.2, 0) is 0 Å². The normalized spacial score (nSPS) is 12.6. The molecule has 0 unspecified atom stereocenters. The topological polar surface area (TPSA) is 107 Å². The first-order chi connectivity index (χ1) is 12.3. The van der Waals surface area contributed by atoms with Crippen molar-refractivity contribution in [2.45, 2.75) is 19.0 Å². The molecule has 3 N–H and O–H groups in total. The van der Waals surface area contributed by atoms with Crippen LogP contribution in [0, 0.1) is 17.1 Å². The number of hydrogen-bond donors (Lipinski definition) is 3. The molecule has 2 aromatic rings. The molecule has 0 aliphatic heterocycles. The molecule has 0 fully saturated rings. The molecule has 1 amide bonds. The van der Waals surface area contributed by atoms with Crippen molar-refractivity contribution in [3.05, 3.63) is 52.4 Å². The van der Waals surface area contributed by atoms with E-state index in [1.165, 1.54) is 7.11 Å². The number of methoxy groups -OCH3 is 1. The van der Waals surface area contributed by atoms with Gasteiger partial charge in [0.15, 0.2) is 11.6 Å². The summed E-state index contributed by atoms with van der Waals surface area (Å²) in [6, 6.07) is 8.28. The minimum Gasteiger partial charge on any atom is -0.497 e. The number of aromatic nitrogens is 1. The van der Waals surface area contributed by atoms with Crippen molar-refractivity contribution in [1.29, 1.82) is 5.26 Å². The van der Waals surface area contributed by atoms with Gasteiger partial charge in [-0.15, -0.1) is 0 Å². The van der Waals surface area contributed by atoms with Gasteiger partial charge in [0.25, 0.3) is 0 Å². The fourth-order valence-electron chi connectivity index (χ4n) is 2.38. The van der Waals surface area contributed by atoms with E-state index >= 15 is 0 Å². The highest BCUT2D eigenvalue weighted by Crippen LogP contribution is 2.27. The number of ether oxygens (including phenoxy) is 1. The predicted molar refractivity (Wildman–Crippen MR) is 93.9 cm³/mol. The van der Waals surface area contributed by atoms with E-state index in [0.717, 1.165) is 6.07 Å². The van der Waals surface area contributed by atoms with E-state index in [9.17, 15) is 9.18 Å². The summed E-state index contributed by atoms with van der Waals surface area (Å²) >= 11 is 5.87. The number of amides is 1. The van der Waals surface area contributed by atoms with Crippen LogP contribution in [-0.4, -0.2) is 29.3 Å². The van der Waals surface area contributed by atoms with Crippen molar-refractivity contribution < 1.29 is 19.0 Å². The number of halogens is 2. The molecule has 0 bridgehead atoms. The number of nitrogens with zero attached hydrogens (tertiary/aromatic N) is 2. The van der Waals surface area contributed by atoms with Gasteiger partial charge in [0, 0.05) is 0 Å². The fraction of sp³-hybridized carbons (Fsp3) is 0.235. The molecule has 2 rings (SSSR count). The fourth-order valence-corrected chi connectivity index (χ4v) is 2.56. The number of rotatable bonds is 6. The zero-order valence-electron chi connectivity index (χ0n) is 14.0. The first-order valence-electron chi connectivity index (χ1n) is 7.51. The molecule has 1 aromatic heterocycles. The molecule has 0 radical (unpaired) electrons. The number of pyridine rings is 1. The maximum absolute atomic E-state index is 14.2. The smallest absolute Gasteiger partial charge is 0.404 e. The lowest BCUT2D eigenvalue weighted by Gasteiger charge is -2.26. The second kappa shape index (κ2) is 8.36. The Bertz CT molecular complexity index is 839. The summed E-state index contributed by atoms with van der Waals surface area (Å²) < 4.78 is 19.3. The summed E-state index contributed by atoms with van der Waals surface area (Å²) in [5.41, 5.74) is 0.584. The number of benzene rings is 1. The highest BCUT2D eigenvalue weighted by molar-refractivity contribution is 6.30. The molecule has 0 aliphatic rings. The van der Waals surface area contributed by atoms with Gasteiger partial charge in [-0.05, 0) is 30.7 Å². The molecule has 1 heterocycles. The van der Waals surface area contributed by atoms with Crippen LogP contribution >= 0.6 is 11.6 Å². The summed E-state index contributed by atoms with van der Waals surface area (Å²) in [5, 5.41) is 22.9. The zero-order chi connectivity index (χ0) is 19.3. The van der Waals surface area contributed by atoms with E-state index in [0.29, 0.717) is 11.3 Å². The highest BCUT2D eigenvalue weighted by atomic mass is 35.5. The predicted octanol–water partition coefficient (Wildman–Crippen LogP) is 3.56. The van der Waals surface area contributed by atoms with E-state index in [1.54, 1.807) is 37.3 Å². The van der Waals surface area contributed by atoms with Crippen LogP contribution in [0.15, 0.2) is 30.3 Å². The summed E-state index contributed by atoms with van der Waals surface area (Å²) in [6.45, 7) is 1.62. The Morgan fingerprint density at radius 2 is 2.08 bits per heavy atom. The largest absolute Gasteiger partial charge is 0.497 e. The summed E-state index contributed by atoms with van der Waals surface area (Å²) in [5.74, 6) is -0.335. The first-order valence-corrected chi connectivity index (χ1v) is 7.89. The summed E-state index contributed by atoms with van der Waals surface area (Å²) in [7, 11) is 1.53. The first kappa shape index (κ1) is 19.3. The number of hydrogen-bond acceptors (Lipinski definition) is 5. The van der Waals surface area contributed by atoms with E-state index in [-0.39, 0.29) is 16.5 Å². The second-order valence-electron chi connectivity index (χ2n) is 5.40. The molecule has 1 aromatic carbocycles. The lowest BCUT2D eigenvalue weighted by Crippen LogP contribution is -2.39. The Labute approximate surface area is 154 Å². The molecule has 26 heavy (non-hydrogen) atoms. The minimum atomic E-state index is -1.22. The molecule has 7 nitrogen and oxygen atoms in total. The molecule has 0 aliphatic carbocycles. The van der Waals surface area contributed by atoms with Crippen molar-refractivity contribution in [2.24, 2.45) is 0 Å². The standard InChI is InChI=1S/C17H16ClFN4O3/c1-9(21-17(24)25)14(10-3-5-12(26-2)6-4-10)22-16-13(19)7-11(8-20)15(18)23-16/h3-7,9,14,21H,1-2H3,(H,22,23)(H,24,25)/t9-,14+/m0/s1. The van der Waals surface area contributed by atoms with Crippen molar-refractivity contribution >= 4 is 23.5 Å². The SMILES string of the molecule is COc1ccc([C@H](Nc2nc(Cl)c(C#N)cc2F)[C@H](C)NC(=O)O)cc1. The lowest BCUT2D eigenvalue weighted by atomic mass is 10.00. The number of nitriles is 1. The van der Waals surface area contributed by atoms with Crippen molar-refractivity contribution in [2.75, 3.05) is 12.4 Å². The average molecular weight is 379 g/mol. The zero-order valence-corrected chi connectivity index (χ0v) is 14.7. The maximum atomic E-state index is 14.2. The Morgan fingerprint density at radius 3 is 2.62 bits per heavy atom. The van der Waals surface area contributed by atoms with Crippen molar-refractivity contribution in [1.82, 2.24) is 10.3 Å². The van der Waals surface area contributed by atoms with Crippen LogP contribution in [0.2, 0.25) is 5.15 Å². The monoisotopic (exact) mass is 378 g/mol.